The fourth-order valence-corrected chi connectivity index (χ4v) is 3.15. The minimum Gasteiger partial charge on any atom is -0.364 e. The Labute approximate surface area is 141 Å². The number of hydrogen-bond acceptors (Lipinski definition) is 3. The number of thioether (sulfide) groups is 1. The van der Waals surface area contributed by atoms with Crippen molar-refractivity contribution in [3.63, 3.8) is 0 Å². The van der Waals surface area contributed by atoms with E-state index in [1.54, 1.807) is 11.8 Å². The summed E-state index contributed by atoms with van der Waals surface area (Å²) in [7, 11) is 3.89. The molecule has 0 fully saturated rings. The first kappa shape index (κ1) is 20.9. The van der Waals surface area contributed by atoms with Crippen molar-refractivity contribution in [2.45, 2.75) is 77.6 Å². The van der Waals surface area contributed by atoms with Gasteiger partial charge in [0.05, 0.1) is 0 Å². The summed E-state index contributed by atoms with van der Waals surface area (Å²) in [5.74, 6) is 1.22. The summed E-state index contributed by atoms with van der Waals surface area (Å²) in [6.07, 6.45) is 13.2. The second-order valence-electron chi connectivity index (χ2n) is 5.88. The molecular formula is C17H33NOS2. The van der Waals surface area contributed by atoms with Gasteiger partial charge in [0, 0.05) is 32.7 Å². The number of ketones is 1. The van der Waals surface area contributed by atoms with Gasteiger partial charge in [-0.2, -0.15) is 0 Å². The summed E-state index contributed by atoms with van der Waals surface area (Å²) in [5.41, 5.74) is 0. The lowest BCUT2D eigenvalue weighted by atomic mass is 10.1. The highest BCUT2D eigenvalue weighted by atomic mass is 32.2. The third-order valence-electron chi connectivity index (χ3n) is 3.53. The molecule has 0 heterocycles. The molecule has 0 aliphatic heterocycles. The van der Waals surface area contributed by atoms with Gasteiger partial charge < -0.3 is 4.90 Å². The third kappa shape index (κ3) is 14.6. The maximum absolute atomic E-state index is 11.7. The molecule has 0 aromatic rings. The van der Waals surface area contributed by atoms with Crippen LogP contribution in [0.25, 0.3) is 0 Å². The Hall–Kier alpha value is -0.0900. The van der Waals surface area contributed by atoms with E-state index in [9.17, 15) is 4.79 Å². The zero-order valence-electron chi connectivity index (χ0n) is 14.2. The average molecular weight is 332 g/mol. The van der Waals surface area contributed by atoms with E-state index < -0.39 is 0 Å². The van der Waals surface area contributed by atoms with Crippen molar-refractivity contribution in [3.8, 4) is 0 Å². The van der Waals surface area contributed by atoms with E-state index in [2.05, 4.69) is 6.92 Å². The number of carbonyl (C=O) groups is 1. The van der Waals surface area contributed by atoms with Crippen LogP contribution in [-0.4, -0.2) is 34.9 Å². The zero-order valence-corrected chi connectivity index (χ0v) is 15.8. The van der Waals surface area contributed by atoms with Crippen LogP contribution in [0.5, 0.6) is 0 Å². The van der Waals surface area contributed by atoms with Gasteiger partial charge in [-0.1, -0.05) is 82.3 Å². The van der Waals surface area contributed by atoms with Crippen molar-refractivity contribution in [2.24, 2.45) is 0 Å². The maximum atomic E-state index is 11.7. The molecule has 0 bridgehead atoms. The standard InChI is InChI=1S/C17H33NOS2/c1-4-5-6-7-8-9-10-11-12-13-16(19)14-15-21-17(20)18(2)3/h4-15H2,1-3H3. The molecule has 0 aromatic heterocycles. The van der Waals surface area contributed by atoms with Gasteiger partial charge in [-0.25, -0.2) is 0 Å². The quantitative estimate of drug-likeness (QED) is 0.330. The van der Waals surface area contributed by atoms with Crippen molar-refractivity contribution < 1.29 is 4.79 Å². The van der Waals surface area contributed by atoms with Crippen LogP contribution in [0.4, 0.5) is 0 Å². The van der Waals surface area contributed by atoms with Gasteiger partial charge in [-0.3, -0.25) is 4.79 Å². The van der Waals surface area contributed by atoms with Crippen molar-refractivity contribution in [1.82, 2.24) is 4.90 Å². The van der Waals surface area contributed by atoms with Crippen LogP contribution < -0.4 is 0 Å². The molecule has 0 amide bonds. The van der Waals surface area contributed by atoms with E-state index in [0.717, 1.165) is 22.9 Å². The van der Waals surface area contributed by atoms with Crippen LogP contribution in [0.2, 0.25) is 0 Å². The van der Waals surface area contributed by atoms with E-state index in [1.807, 2.05) is 19.0 Å². The number of rotatable bonds is 13. The molecular weight excluding hydrogens is 298 g/mol. The van der Waals surface area contributed by atoms with E-state index in [4.69, 9.17) is 12.2 Å². The molecule has 0 atom stereocenters. The number of hydrogen-bond donors (Lipinski definition) is 0. The van der Waals surface area contributed by atoms with Crippen LogP contribution in [-0.2, 0) is 4.79 Å². The van der Waals surface area contributed by atoms with Gasteiger partial charge >= 0.3 is 0 Å². The molecule has 21 heavy (non-hydrogen) atoms. The molecule has 0 saturated heterocycles. The van der Waals surface area contributed by atoms with E-state index in [-0.39, 0.29) is 0 Å². The first-order valence-electron chi connectivity index (χ1n) is 8.43. The SMILES string of the molecule is CCCCCCCCCCCC(=O)CCSC(=S)N(C)C. The first-order chi connectivity index (χ1) is 10.1. The minimum absolute atomic E-state index is 0.395. The number of thiocarbonyl (C=S) groups is 1. The third-order valence-corrected chi connectivity index (χ3v) is 5.27. The molecule has 0 aliphatic rings. The Morgan fingerprint density at radius 1 is 0.905 bits per heavy atom. The lowest BCUT2D eigenvalue weighted by Crippen LogP contribution is -2.16. The fraction of sp³-hybridized carbons (Fsp3) is 0.882. The van der Waals surface area contributed by atoms with E-state index in [0.29, 0.717) is 12.2 Å². The second kappa shape index (κ2) is 14.8. The smallest absolute Gasteiger partial charge is 0.135 e. The Morgan fingerprint density at radius 2 is 1.43 bits per heavy atom. The summed E-state index contributed by atoms with van der Waals surface area (Å²) >= 11 is 6.79. The van der Waals surface area contributed by atoms with Gasteiger partial charge in [-0.05, 0) is 6.42 Å². The molecule has 0 radical (unpaired) electrons. The normalized spacial score (nSPS) is 10.6. The molecule has 4 heteroatoms. The largest absolute Gasteiger partial charge is 0.364 e. The molecule has 0 N–H and O–H groups in total. The van der Waals surface area contributed by atoms with Gasteiger partial charge in [0.15, 0.2) is 0 Å². The maximum Gasteiger partial charge on any atom is 0.135 e. The first-order valence-corrected chi connectivity index (χ1v) is 9.83. The second-order valence-corrected chi connectivity index (χ2v) is 7.60. The molecule has 124 valence electrons. The van der Waals surface area contributed by atoms with Crippen LogP contribution >= 0.6 is 24.0 Å². The summed E-state index contributed by atoms with van der Waals surface area (Å²) in [6.45, 7) is 2.25. The van der Waals surface area contributed by atoms with Gasteiger partial charge in [-0.15, -0.1) is 0 Å². The highest BCUT2D eigenvalue weighted by Crippen LogP contribution is 2.13. The van der Waals surface area contributed by atoms with Gasteiger partial charge in [0.2, 0.25) is 0 Å². The van der Waals surface area contributed by atoms with E-state index in [1.165, 1.54) is 51.4 Å². The van der Waals surface area contributed by atoms with Crippen LogP contribution in [0.15, 0.2) is 0 Å². The highest BCUT2D eigenvalue weighted by Gasteiger charge is 2.04. The van der Waals surface area contributed by atoms with Gasteiger partial charge in [0.25, 0.3) is 0 Å². The molecule has 0 spiro atoms. The molecule has 0 saturated carbocycles. The summed E-state index contributed by atoms with van der Waals surface area (Å²) in [4.78, 5) is 13.7. The Kier molecular flexibility index (Phi) is 14.8. The lowest BCUT2D eigenvalue weighted by molar-refractivity contribution is -0.118. The Balaban J connectivity index is 3.28. The summed E-state index contributed by atoms with van der Waals surface area (Å²) < 4.78 is 0.867. The van der Waals surface area contributed by atoms with Crippen molar-refractivity contribution in [1.29, 1.82) is 0 Å². The van der Waals surface area contributed by atoms with E-state index >= 15 is 0 Å². The molecule has 0 aliphatic carbocycles. The number of unbranched alkanes of at least 4 members (excludes halogenated alkanes) is 8. The fourth-order valence-electron chi connectivity index (χ4n) is 2.14. The monoisotopic (exact) mass is 331 g/mol. The summed E-state index contributed by atoms with van der Waals surface area (Å²) in [6, 6.07) is 0. The van der Waals surface area contributed by atoms with Gasteiger partial charge in [0.1, 0.15) is 10.1 Å². The number of nitrogens with zero attached hydrogens (tertiary/aromatic N) is 1. The number of Topliss-reactive ketones (excluding diaryl/α,β-unsaturated/α-hetero) is 1. The number of carbonyl (C=O) groups excluding carboxylic acids is 1. The predicted octanol–water partition coefficient (Wildman–Crippen LogP) is 5.45. The Morgan fingerprint density at radius 3 is 1.95 bits per heavy atom. The lowest BCUT2D eigenvalue weighted by Gasteiger charge is -2.12. The van der Waals surface area contributed by atoms with Crippen LogP contribution in [0.3, 0.4) is 0 Å². The zero-order chi connectivity index (χ0) is 15.9. The van der Waals surface area contributed by atoms with Crippen LogP contribution in [0.1, 0.15) is 77.6 Å². The van der Waals surface area contributed by atoms with Crippen LogP contribution in [0, 0.1) is 0 Å². The summed E-state index contributed by atoms with van der Waals surface area (Å²) in [5, 5.41) is 0. The molecule has 0 unspecified atom stereocenters. The predicted molar refractivity (Wildman–Crippen MR) is 100 cm³/mol. The molecule has 0 aromatic carbocycles. The highest BCUT2D eigenvalue weighted by molar-refractivity contribution is 8.22. The molecule has 2 nitrogen and oxygen atoms in total. The van der Waals surface area contributed by atoms with Crippen molar-refractivity contribution in [3.05, 3.63) is 0 Å². The topological polar surface area (TPSA) is 20.3 Å². The van der Waals surface area contributed by atoms with Crippen molar-refractivity contribution >= 4 is 34.1 Å². The average Bonchev–Trinajstić information content (AvgIpc) is 2.45. The molecule has 0 rings (SSSR count). The van der Waals surface area contributed by atoms with Crippen molar-refractivity contribution in [2.75, 3.05) is 19.8 Å². The minimum atomic E-state index is 0.395. The Bertz CT molecular complexity index is 280.